The number of amides is 2. The molecule has 0 atom stereocenters. The Hall–Kier alpha value is -2.27. The lowest BCUT2D eigenvalue weighted by molar-refractivity contribution is 0.194. The van der Waals surface area contributed by atoms with Crippen molar-refractivity contribution in [3.63, 3.8) is 0 Å². The molecular formula is C19H21ClFN3O. The summed E-state index contributed by atoms with van der Waals surface area (Å²) in [5.74, 6) is -0.250. The number of piperazine rings is 1. The first kappa shape index (κ1) is 17.5. The highest BCUT2D eigenvalue weighted by molar-refractivity contribution is 6.33. The van der Waals surface area contributed by atoms with Gasteiger partial charge in [-0.15, -0.1) is 0 Å². The molecule has 25 heavy (non-hydrogen) atoms. The Morgan fingerprint density at radius 3 is 2.56 bits per heavy atom. The maximum absolute atomic E-state index is 13.1. The minimum Gasteiger partial charge on any atom is -0.367 e. The van der Waals surface area contributed by atoms with Gasteiger partial charge in [-0.1, -0.05) is 35.9 Å². The van der Waals surface area contributed by atoms with E-state index in [0.29, 0.717) is 26.1 Å². The monoisotopic (exact) mass is 361 g/mol. The lowest BCUT2D eigenvalue weighted by Gasteiger charge is -2.36. The number of carbonyl (C=O) groups is 1. The summed E-state index contributed by atoms with van der Waals surface area (Å²) in [6.45, 7) is 3.29. The average Bonchev–Trinajstić information content (AvgIpc) is 2.62. The third-order valence-electron chi connectivity index (χ3n) is 4.34. The van der Waals surface area contributed by atoms with Gasteiger partial charge in [0.1, 0.15) is 5.82 Å². The summed E-state index contributed by atoms with van der Waals surface area (Å²) >= 11 is 6.23. The largest absolute Gasteiger partial charge is 0.367 e. The first-order chi connectivity index (χ1) is 12.1. The number of carbonyl (C=O) groups excluding carboxylic acids is 1. The third kappa shape index (κ3) is 4.63. The Bertz CT molecular complexity index is 732. The fourth-order valence-corrected chi connectivity index (χ4v) is 3.23. The maximum Gasteiger partial charge on any atom is 0.317 e. The van der Waals surface area contributed by atoms with Gasteiger partial charge >= 0.3 is 6.03 Å². The number of hydrogen-bond acceptors (Lipinski definition) is 2. The molecule has 0 bridgehead atoms. The fraction of sp³-hybridized carbons (Fsp3) is 0.316. The Balaban J connectivity index is 1.45. The number of nitrogens with zero attached hydrogens (tertiary/aromatic N) is 2. The van der Waals surface area contributed by atoms with Crippen molar-refractivity contribution < 1.29 is 9.18 Å². The second kappa shape index (κ2) is 8.21. The highest BCUT2D eigenvalue weighted by atomic mass is 35.5. The van der Waals surface area contributed by atoms with Crippen LogP contribution in [-0.4, -0.2) is 43.7 Å². The molecule has 1 heterocycles. The average molecular weight is 362 g/mol. The first-order valence-electron chi connectivity index (χ1n) is 8.40. The summed E-state index contributed by atoms with van der Waals surface area (Å²) in [7, 11) is 0. The molecule has 0 spiro atoms. The van der Waals surface area contributed by atoms with Gasteiger partial charge in [0.05, 0.1) is 10.7 Å². The zero-order valence-corrected chi connectivity index (χ0v) is 14.7. The number of hydrogen-bond donors (Lipinski definition) is 1. The lowest BCUT2D eigenvalue weighted by Crippen LogP contribution is -2.52. The van der Waals surface area contributed by atoms with Crippen LogP contribution in [0.5, 0.6) is 0 Å². The summed E-state index contributed by atoms with van der Waals surface area (Å²) in [5.41, 5.74) is 1.89. The van der Waals surface area contributed by atoms with Gasteiger partial charge < -0.3 is 15.1 Å². The number of para-hydroxylation sites is 1. The van der Waals surface area contributed by atoms with Crippen LogP contribution in [0.1, 0.15) is 5.56 Å². The van der Waals surface area contributed by atoms with Crippen LogP contribution in [0.15, 0.2) is 48.5 Å². The molecule has 1 N–H and O–H groups in total. The summed E-state index contributed by atoms with van der Waals surface area (Å²) in [6, 6.07) is 14.1. The second-order valence-electron chi connectivity index (χ2n) is 6.04. The molecule has 0 aliphatic carbocycles. The molecule has 0 saturated carbocycles. The van der Waals surface area contributed by atoms with Crippen molar-refractivity contribution in [3.8, 4) is 0 Å². The molecule has 132 valence electrons. The quantitative estimate of drug-likeness (QED) is 0.903. The van der Waals surface area contributed by atoms with E-state index in [2.05, 4.69) is 10.2 Å². The molecule has 4 nitrogen and oxygen atoms in total. The number of anilines is 1. The molecule has 3 rings (SSSR count). The lowest BCUT2D eigenvalue weighted by atomic mass is 10.1. The second-order valence-corrected chi connectivity index (χ2v) is 6.44. The molecule has 6 heteroatoms. The SMILES string of the molecule is O=C(NCCc1cccc(F)c1)N1CCN(c2ccccc2Cl)CC1. The Kier molecular flexibility index (Phi) is 5.76. The van der Waals surface area contributed by atoms with Gasteiger partial charge in [0.25, 0.3) is 0 Å². The molecule has 2 amide bonds. The highest BCUT2D eigenvalue weighted by Gasteiger charge is 2.21. The number of rotatable bonds is 4. The van der Waals surface area contributed by atoms with Crippen LogP contribution in [0, 0.1) is 5.82 Å². The van der Waals surface area contributed by atoms with Crippen LogP contribution in [-0.2, 0) is 6.42 Å². The minimum absolute atomic E-state index is 0.0739. The van der Waals surface area contributed by atoms with E-state index in [9.17, 15) is 9.18 Å². The standard InChI is InChI=1S/C19H21ClFN3O/c20-17-6-1-2-7-18(17)23-10-12-24(13-11-23)19(25)22-9-8-15-4-3-5-16(21)14-15/h1-7,14H,8-13H2,(H,22,25). The third-order valence-corrected chi connectivity index (χ3v) is 4.66. The number of halogens is 2. The van der Waals surface area contributed by atoms with Crippen molar-refractivity contribution >= 4 is 23.3 Å². The molecule has 2 aromatic carbocycles. The van der Waals surface area contributed by atoms with Crippen LogP contribution in [0.4, 0.5) is 14.9 Å². The smallest absolute Gasteiger partial charge is 0.317 e. The number of nitrogens with one attached hydrogen (secondary N) is 1. The van der Waals surface area contributed by atoms with E-state index in [1.807, 2.05) is 30.3 Å². The molecule has 1 saturated heterocycles. The first-order valence-corrected chi connectivity index (χ1v) is 8.78. The summed E-state index contributed by atoms with van der Waals surface area (Å²) in [4.78, 5) is 16.3. The number of urea groups is 1. The van der Waals surface area contributed by atoms with Gasteiger partial charge in [-0.25, -0.2) is 9.18 Å². The van der Waals surface area contributed by atoms with E-state index in [1.54, 1.807) is 11.0 Å². The van der Waals surface area contributed by atoms with Crippen molar-refractivity contribution in [2.24, 2.45) is 0 Å². The summed E-state index contributed by atoms with van der Waals surface area (Å²) in [5, 5.41) is 3.64. The van der Waals surface area contributed by atoms with Crippen LogP contribution in [0.2, 0.25) is 5.02 Å². The minimum atomic E-state index is -0.250. The van der Waals surface area contributed by atoms with Gasteiger partial charge in [-0.2, -0.15) is 0 Å². The van der Waals surface area contributed by atoms with Crippen LogP contribution >= 0.6 is 11.6 Å². The Morgan fingerprint density at radius 2 is 1.84 bits per heavy atom. The van der Waals surface area contributed by atoms with E-state index in [1.165, 1.54) is 12.1 Å². The molecule has 1 aliphatic rings. The van der Waals surface area contributed by atoms with Gasteiger partial charge in [0, 0.05) is 32.7 Å². The van der Waals surface area contributed by atoms with Crippen molar-refractivity contribution in [3.05, 3.63) is 64.9 Å². The fourth-order valence-electron chi connectivity index (χ4n) is 2.98. The molecule has 0 aromatic heterocycles. The number of benzene rings is 2. The Morgan fingerprint density at radius 1 is 1.08 bits per heavy atom. The van der Waals surface area contributed by atoms with E-state index in [4.69, 9.17) is 11.6 Å². The van der Waals surface area contributed by atoms with Crippen LogP contribution in [0.3, 0.4) is 0 Å². The topological polar surface area (TPSA) is 35.6 Å². The highest BCUT2D eigenvalue weighted by Crippen LogP contribution is 2.25. The van der Waals surface area contributed by atoms with E-state index in [-0.39, 0.29) is 11.8 Å². The van der Waals surface area contributed by atoms with E-state index >= 15 is 0 Å². The molecular weight excluding hydrogens is 341 g/mol. The summed E-state index contributed by atoms with van der Waals surface area (Å²) < 4.78 is 13.1. The van der Waals surface area contributed by atoms with Crippen molar-refractivity contribution in [2.45, 2.75) is 6.42 Å². The predicted molar refractivity (Wildman–Crippen MR) is 98.7 cm³/mol. The molecule has 1 aliphatic heterocycles. The van der Waals surface area contributed by atoms with Crippen molar-refractivity contribution in [1.82, 2.24) is 10.2 Å². The van der Waals surface area contributed by atoms with Crippen molar-refractivity contribution in [1.29, 1.82) is 0 Å². The maximum atomic E-state index is 13.1. The summed E-state index contributed by atoms with van der Waals surface area (Å²) in [6.07, 6.45) is 0.614. The molecule has 0 unspecified atom stereocenters. The normalized spacial score (nSPS) is 14.5. The molecule has 1 fully saturated rings. The van der Waals surface area contributed by atoms with Gasteiger partial charge in [0.15, 0.2) is 0 Å². The van der Waals surface area contributed by atoms with Crippen molar-refractivity contribution in [2.75, 3.05) is 37.6 Å². The van der Waals surface area contributed by atoms with Crippen LogP contribution in [0.25, 0.3) is 0 Å². The predicted octanol–water partition coefficient (Wildman–Crippen LogP) is 3.55. The van der Waals surface area contributed by atoms with E-state index in [0.717, 1.165) is 29.4 Å². The molecule has 0 radical (unpaired) electrons. The Labute approximate surface area is 152 Å². The molecule has 2 aromatic rings. The van der Waals surface area contributed by atoms with Gasteiger partial charge in [-0.3, -0.25) is 0 Å². The van der Waals surface area contributed by atoms with Crippen LogP contribution < -0.4 is 10.2 Å². The van der Waals surface area contributed by atoms with E-state index < -0.39 is 0 Å². The zero-order valence-electron chi connectivity index (χ0n) is 13.9. The van der Waals surface area contributed by atoms with Gasteiger partial charge in [0.2, 0.25) is 0 Å². The zero-order chi connectivity index (χ0) is 17.6. The van der Waals surface area contributed by atoms with Gasteiger partial charge in [-0.05, 0) is 36.2 Å².